The molecule has 1 unspecified atom stereocenters. The molecule has 1 aromatic rings. The molecule has 1 aliphatic rings. The highest BCUT2D eigenvalue weighted by atomic mass is 32.2. The zero-order chi connectivity index (χ0) is 15.8. The van der Waals surface area contributed by atoms with Crippen molar-refractivity contribution in [1.82, 2.24) is 4.90 Å². The van der Waals surface area contributed by atoms with Crippen LogP contribution in [0.15, 0.2) is 24.3 Å². The third kappa shape index (κ3) is 3.28. The highest BCUT2D eigenvalue weighted by molar-refractivity contribution is 7.91. The Balaban J connectivity index is 2.20. The second kappa shape index (κ2) is 5.44. The highest BCUT2D eigenvalue weighted by Gasteiger charge is 2.38. The molecule has 2 rings (SSSR count). The number of carbonyl (C=O) groups excluding carboxylic acids is 1. The van der Waals surface area contributed by atoms with Crippen LogP contribution in [-0.4, -0.2) is 43.8 Å². The van der Waals surface area contributed by atoms with E-state index in [1.165, 1.54) is 0 Å². The molecule has 116 valence electrons. The van der Waals surface area contributed by atoms with Crippen molar-refractivity contribution in [2.75, 3.05) is 18.6 Å². The van der Waals surface area contributed by atoms with Crippen LogP contribution in [0.4, 0.5) is 0 Å². The van der Waals surface area contributed by atoms with Gasteiger partial charge in [-0.2, -0.15) is 0 Å². The molecule has 1 aliphatic heterocycles. The molecule has 0 saturated carbocycles. The predicted octanol–water partition coefficient (Wildman–Crippen LogP) is 1.92. The smallest absolute Gasteiger partial charge is 0.232 e. The molecule has 1 heterocycles. The van der Waals surface area contributed by atoms with E-state index in [9.17, 15) is 13.2 Å². The Morgan fingerprint density at radius 2 is 1.81 bits per heavy atom. The zero-order valence-electron chi connectivity index (χ0n) is 13.1. The van der Waals surface area contributed by atoms with Gasteiger partial charge in [-0.25, -0.2) is 8.42 Å². The molecule has 1 fully saturated rings. The lowest BCUT2D eigenvalue weighted by molar-refractivity contribution is -0.136. The molecule has 21 heavy (non-hydrogen) atoms. The first kappa shape index (κ1) is 16.0. The lowest BCUT2D eigenvalue weighted by atomic mass is 9.82. The number of hydrogen-bond donors (Lipinski definition) is 0. The van der Waals surface area contributed by atoms with Crippen LogP contribution in [0.1, 0.15) is 31.4 Å². The number of aryl methyl sites for hydroxylation is 1. The van der Waals surface area contributed by atoms with Gasteiger partial charge in [-0.1, -0.05) is 29.8 Å². The van der Waals surface area contributed by atoms with E-state index in [1.54, 1.807) is 11.9 Å². The van der Waals surface area contributed by atoms with E-state index < -0.39 is 15.3 Å². The van der Waals surface area contributed by atoms with Crippen molar-refractivity contribution in [2.24, 2.45) is 0 Å². The van der Waals surface area contributed by atoms with Crippen LogP contribution >= 0.6 is 0 Å². The molecule has 0 aliphatic carbocycles. The molecule has 5 heteroatoms. The van der Waals surface area contributed by atoms with Crippen LogP contribution in [0.3, 0.4) is 0 Å². The summed E-state index contributed by atoms with van der Waals surface area (Å²) in [5.41, 5.74) is 1.44. The average molecular weight is 309 g/mol. The van der Waals surface area contributed by atoms with Gasteiger partial charge >= 0.3 is 0 Å². The van der Waals surface area contributed by atoms with Gasteiger partial charge in [0.05, 0.1) is 16.9 Å². The normalized spacial score (nSPS) is 21.2. The summed E-state index contributed by atoms with van der Waals surface area (Å²) >= 11 is 0. The van der Waals surface area contributed by atoms with Gasteiger partial charge in [-0.15, -0.1) is 0 Å². The molecule has 1 amide bonds. The Bertz CT molecular complexity index is 632. The number of hydrogen-bond acceptors (Lipinski definition) is 3. The molecule has 0 spiro atoms. The average Bonchev–Trinajstić information content (AvgIpc) is 2.78. The van der Waals surface area contributed by atoms with Gasteiger partial charge < -0.3 is 4.90 Å². The van der Waals surface area contributed by atoms with Gasteiger partial charge in [-0.05, 0) is 32.8 Å². The van der Waals surface area contributed by atoms with E-state index in [1.807, 2.05) is 45.0 Å². The molecule has 0 N–H and O–H groups in total. The summed E-state index contributed by atoms with van der Waals surface area (Å²) in [6, 6.07) is 7.71. The van der Waals surface area contributed by atoms with Crippen molar-refractivity contribution in [3.05, 3.63) is 35.4 Å². The standard InChI is InChI=1S/C16H23NO3S/c1-12-5-7-13(8-6-12)16(2,3)15(18)17(4)14-9-10-21(19,20)11-14/h5-8,14H,9-11H2,1-4H3. The number of rotatable bonds is 3. The molecule has 1 aromatic carbocycles. The Morgan fingerprint density at radius 1 is 1.24 bits per heavy atom. The maximum Gasteiger partial charge on any atom is 0.232 e. The van der Waals surface area contributed by atoms with Crippen molar-refractivity contribution in [3.63, 3.8) is 0 Å². The van der Waals surface area contributed by atoms with Crippen LogP contribution in [0.5, 0.6) is 0 Å². The van der Waals surface area contributed by atoms with Gasteiger partial charge in [0.1, 0.15) is 0 Å². The minimum atomic E-state index is -2.98. The fourth-order valence-electron chi connectivity index (χ4n) is 2.78. The van der Waals surface area contributed by atoms with Crippen molar-refractivity contribution < 1.29 is 13.2 Å². The molecule has 1 saturated heterocycles. The fourth-order valence-corrected chi connectivity index (χ4v) is 4.56. The monoisotopic (exact) mass is 309 g/mol. The van der Waals surface area contributed by atoms with Crippen molar-refractivity contribution >= 4 is 15.7 Å². The largest absolute Gasteiger partial charge is 0.341 e. The molecular formula is C16H23NO3S. The predicted molar refractivity (Wildman–Crippen MR) is 84.0 cm³/mol. The quantitative estimate of drug-likeness (QED) is 0.857. The molecule has 0 aromatic heterocycles. The summed E-state index contributed by atoms with van der Waals surface area (Å²) in [6.07, 6.45) is 0.536. The first-order chi connectivity index (χ1) is 9.63. The van der Waals surface area contributed by atoms with Crippen molar-refractivity contribution in [2.45, 2.75) is 38.6 Å². The van der Waals surface area contributed by atoms with Crippen LogP contribution < -0.4 is 0 Å². The number of carbonyl (C=O) groups is 1. The molecule has 0 bridgehead atoms. The second-order valence-corrected chi connectivity index (χ2v) is 8.69. The van der Waals surface area contributed by atoms with Crippen LogP contribution in [-0.2, 0) is 20.0 Å². The van der Waals surface area contributed by atoms with E-state index in [0.29, 0.717) is 6.42 Å². The molecule has 0 radical (unpaired) electrons. The summed E-state index contributed by atoms with van der Waals surface area (Å²) in [4.78, 5) is 14.4. The van der Waals surface area contributed by atoms with E-state index in [2.05, 4.69) is 0 Å². The lowest BCUT2D eigenvalue weighted by Crippen LogP contribution is -2.46. The molecule has 1 atom stereocenters. The maximum atomic E-state index is 12.8. The lowest BCUT2D eigenvalue weighted by Gasteiger charge is -2.33. The number of likely N-dealkylation sites (N-methyl/N-ethyl adjacent to an activating group) is 1. The Hall–Kier alpha value is -1.36. The number of sulfone groups is 1. The highest BCUT2D eigenvalue weighted by Crippen LogP contribution is 2.28. The van der Waals surface area contributed by atoms with Crippen LogP contribution in [0.2, 0.25) is 0 Å². The molecular weight excluding hydrogens is 286 g/mol. The van der Waals surface area contributed by atoms with Gasteiger partial charge in [0, 0.05) is 13.1 Å². The minimum Gasteiger partial charge on any atom is -0.341 e. The summed E-state index contributed by atoms with van der Waals surface area (Å²) in [5, 5.41) is 0. The molecule has 4 nitrogen and oxygen atoms in total. The third-order valence-corrected chi connectivity index (χ3v) is 6.13. The summed E-state index contributed by atoms with van der Waals surface area (Å²) < 4.78 is 23.2. The zero-order valence-corrected chi connectivity index (χ0v) is 13.9. The van der Waals surface area contributed by atoms with E-state index in [0.717, 1.165) is 11.1 Å². The van der Waals surface area contributed by atoms with Crippen molar-refractivity contribution in [3.8, 4) is 0 Å². The summed E-state index contributed by atoms with van der Waals surface area (Å²) in [7, 11) is -1.27. The van der Waals surface area contributed by atoms with Gasteiger partial charge in [0.2, 0.25) is 5.91 Å². The van der Waals surface area contributed by atoms with E-state index in [-0.39, 0.29) is 23.5 Å². The Morgan fingerprint density at radius 3 is 2.29 bits per heavy atom. The number of benzene rings is 1. The first-order valence-corrected chi connectivity index (χ1v) is 9.00. The van der Waals surface area contributed by atoms with Crippen LogP contribution in [0, 0.1) is 6.92 Å². The Kier molecular flexibility index (Phi) is 4.15. The van der Waals surface area contributed by atoms with Gasteiger partial charge in [-0.3, -0.25) is 4.79 Å². The SMILES string of the molecule is Cc1ccc(C(C)(C)C(=O)N(C)C2CCS(=O)(=O)C2)cc1. The minimum absolute atomic E-state index is 0.0338. The van der Waals surface area contributed by atoms with Crippen LogP contribution in [0.25, 0.3) is 0 Å². The van der Waals surface area contributed by atoms with E-state index >= 15 is 0 Å². The van der Waals surface area contributed by atoms with Gasteiger partial charge in [0.25, 0.3) is 0 Å². The van der Waals surface area contributed by atoms with E-state index in [4.69, 9.17) is 0 Å². The fraction of sp³-hybridized carbons (Fsp3) is 0.562. The Labute approximate surface area is 127 Å². The third-order valence-electron chi connectivity index (χ3n) is 4.38. The second-order valence-electron chi connectivity index (χ2n) is 6.46. The number of nitrogens with zero attached hydrogens (tertiary/aromatic N) is 1. The maximum absolute atomic E-state index is 12.8. The van der Waals surface area contributed by atoms with Crippen molar-refractivity contribution in [1.29, 1.82) is 0 Å². The first-order valence-electron chi connectivity index (χ1n) is 7.18. The summed E-state index contributed by atoms with van der Waals surface area (Å²) in [5.74, 6) is 0.230. The van der Waals surface area contributed by atoms with Gasteiger partial charge in [0.15, 0.2) is 9.84 Å². The topological polar surface area (TPSA) is 54.5 Å². The summed E-state index contributed by atoms with van der Waals surface area (Å²) in [6.45, 7) is 5.79. The number of amides is 1.